The number of hydrogen-bond acceptors (Lipinski definition) is 8. The monoisotopic (exact) mass is 485 g/mol. The number of thiophene rings is 2. The smallest absolute Gasteiger partial charge is 0.355 e. The summed E-state index contributed by atoms with van der Waals surface area (Å²) >= 11 is 3.12. The second-order valence-electron chi connectivity index (χ2n) is 7.42. The van der Waals surface area contributed by atoms with E-state index < -0.39 is 24.5 Å². The number of nitrogens with one attached hydrogen (secondary N) is 1. The molecular weight excluding hydrogens is 462 g/mol. The molecule has 1 atom stereocenters. The Morgan fingerprint density at radius 1 is 1.12 bits per heavy atom. The third-order valence-corrected chi connectivity index (χ3v) is 7.18. The molecule has 0 aliphatic carbocycles. The molecule has 1 aliphatic heterocycles. The van der Waals surface area contributed by atoms with E-state index in [0.717, 1.165) is 15.5 Å². The van der Waals surface area contributed by atoms with Gasteiger partial charge in [0.15, 0.2) is 6.61 Å². The van der Waals surface area contributed by atoms with E-state index in [1.807, 2.05) is 35.0 Å². The average Bonchev–Trinajstić information content (AvgIpc) is 3.58. The van der Waals surface area contributed by atoms with Crippen LogP contribution in [-0.2, 0) is 14.3 Å². The Morgan fingerprint density at radius 2 is 1.88 bits per heavy atom. The SMILES string of the molecule is CCOC(=O)c1c(C)[nH]c(C(=O)OCC(=O)N2N=C(c3cccs3)CC2c2cccs2)c1C. The van der Waals surface area contributed by atoms with Gasteiger partial charge in [0.1, 0.15) is 5.69 Å². The molecule has 0 fully saturated rings. The summed E-state index contributed by atoms with van der Waals surface area (Å²) < 4.78 is 10.4. The number of hydrogen-bond donors (Lipinski definition) is 1. The van der Waals surface area contributed by atoms with Crippen LogP contribution < -0.4 is 0 Å². The van der Waals surface area contributed by atoms with Gasteiger partial charge in [-0.05, 0) is 49.2 Å². The summed E-state index contributed by atoms with van der Waals surface area (Å²) in [5.41, 5.74) is 2.20. The van der Waals surface area contributed by atoms with E-state index in [4.69, 9.17) is 9.47 Å². The van der Waals surface area contributed by atoms with Gasteiger partial charge in [-0.15, -0.1) is 22.7 Å². The number of carbonyl (C=O) groups excluding carboxylic acids is 3. The molecule has 4 heterocycles. The van der Waals surface area contributed by atoms with E-state index in [9.17, 15) is 14.4 Å². The zero-order chi connectivity index (χ0) is 23.5. The predicted molar refractivity (Wildman–Crippen MR) is 126 cm³/mol. The molecule has 0 bridgehead atoms. The Bertz CT molecular complexity index is 1200. The fourth-order valence-corrected chi connectivity index (χ4v) is 5.30. The third kappa shape index (κ3) is 4.62. The Hall–Kier alpha value is -3.24. The maximum atomic E-state index is 13.0. The summed E-state index contributed by atoms with van der Waals surface area (Å²) in [7, 11) is 0. The molecule has 0 aromatic carbocycles. The Kier molecular flexibility index (Phi) is 6.75. The molecule has 0 spiro atoms. The van der Waals surface area contributed by atoms with Gasteiger partial charge >= 0.3 is 11.9 Å². The minimum absolute atomic E-state index is 0.127. The van der Waals surface area contributed by atoms with Crippen molar-refractivity contribution in [2.75, 3.05) is 13.2 Å². The molecule has 33 heavy (non-hydrogen) atoms. The highest BCUT2D eigenvalue weighted by Crippen LogP contribution is 2.36. The van der Waals surface area contributed by atoms with Crippen molar-refractivity contribution < 1.29 is 23.9 Å². The Labute approximate surface area is 198 Å². The highest BCUT2D eigenvalue weighted by Gasteiger charge is 2.34. The largest absolute Gasteiger partial charge is 0.462 e. The molecule has 1 N–H and O–H groups in total. The average molecular weight is 486 g/mol. The van der Waals surface area contributed by atoms with Gasteiger partial charge in [-0.25, -0.2) is 14.6 Å². The van der Waals surface area contributed by atoms with Crippen LogP contribution in [-0.4, -0.2) is 46.8 Å². The van der Waals surface area contributed by atoms with Gasteiger partial charge in [-0.3, -0.25) is 4.79 Å². The first kappa shape index (κ1) is 22.9. The van der Waals surface area contributed by atoms with Crippen LogP contribution in [0, 0.1) is 13.8 Å². The standard InChI is InChI=1S/C23H23N3O5S2/c1-4-30-22(28)20-13(2)21(24-14(20)3)23(29)31-12-19(27)26-16(18-8-6-10-33-18)11-15(25-26)17-7-5-9-32-17/h5-10,16,24H,4,11-12H2,1-3H3. The number of ether oxygens (including phenoxy) is 2. The lowest BCUT2D eigenvalue weighted by atomic mass is 10.1. The number of esters is 2. The maximum Gasteiger partial charge on any atom is 0.355 e. The number of H-pyrrole nitrogens is 1. The van der Waals surface area contributed by atoms with Gasteiger partial charge in [0, 0.05) is 17.0 Å². The van der Waals surface area contributed by atoms with Crippen LogP contribution in [0.3, 0.4) is 0 Å². The van der Waals surface area contributed by atoms with Crippen molar-refractivity contribution in [1.82, 2.24) is 9.99 Å². The highest BCUT2D eigenvalue weighted by atomic mass is 32.1. The highest BCUT2D eigenvalue weighted by molar-refractivity contribution is 7.12. The number of hydrazone groups is 1. The first-order chi connectivity index (χ1) is 15.9. The lowest BCUT2D eigenvalue weighted by Crippen LogP contribution is -2.31. The number of amides is 1. The van der Waals surface area contributed by atoms with Crippen LogP contribution in [0.4, 0.5) is 0 Å². The lowest BCUT2D eigenvalue weighted by Gasteiger charge is -2.20. The van der Waals surface area contributed by atoms with Crippen LogP contribution in [0.15, 0.2) is 40.1 Å². The van der Waals surface area contributed by atoms with E-state index in [2.05, 4.69) is 10.1 Å². The topological polar surface area (TPSA) is 101 Å². The van der Waals surface area contributed by atoms with Crippen molar-refractivity contribution in [2.45, 2.75) is 33.2 Å². The summed E-state index contributed by atoms with van der Waals surface area (Å²) in [6.45, 7) is 4.79. The van der Waals surface area contributed by atoms with Crippen LogP contribution in [0.25, 0.3) is 0 Å². The Morgan fingerprint density at radius 3 is 2.55 bits per heavy atom. The fraction of sp³-hybridized carbons (Fsp3) is 0.304. The number of aryl methyl sites for hydroxylation is 1. The van der Waals surface area contributed by atoms with Crippen LogP contribution in [0.1, 0.15) is 61.2 Å². The summed E-state index contributed by atoms with van der Waals surface area (Å²) in [5, 5.41) is 9.89. The summed E-state index contributed by atoms with van der Waals surface area (Å²) in [6, 6.07) is 7.58. The van der Waals surface area contributed by atoms with Crippen molar-refractivity contribution in [3.05, 3.63) is 67.3 Å². The number of nitrogens with zero attached hydrogens (tertiary/aromatic N) is 2. The number of aromatic nitrogens is 1. The van der Waals surface area contributed by atoms with Crippen molar-refractivity contribution in [1.29, 1.82) is 0 Å². The van der Waals surface area contributed by atoms with Gasteiger partial charge < -0.3 is 14.5 Å². The summed E-state index contributed by atoms with van der Waals surface area (Å²) in [6.07, 6.45) is 0.596. The van der Waals surface area contributed by atoms with E-state index in [1.165, 1.54) is 5.01 Å². The van der Waals surface area contributed by atoms with Crippen molar-refractivity contribution in [3.63, 3.8) is 0 Å². The first-order valence-corrected chi connectivity index (χ1v) is 12.2. The van der Waals surface area contributed by atoms with Crippen molar-refractivity contribution in [2.24, 2.45) is 5.10 Å². The summed E-state index contributed by atoms with van der Waals surface area (Å²) in [4.78, 5) is 42.8. The molecular formula is C23H23N3O5S2. The first-order valence-electron chi connectivity index (χ1n) is 10.4. The number of carbonyl (C=O) groups is 3. The lowest BCUT2D eigenvalue weighted by molar-refractivity contribution is -0.136. The quantitative estimate of drug-likeness (QED) is 0.498. The van der Waals surface area contributed by atoms with Crippen LogP contribution >= 0.6 is 22.7 Å². The molecule has 8 nitrogen and oxygen atoms in total. The van der Waals surface area contributed by atoms with E-state index in [0.29, 0.717) is 23.2 Å². The van der Waals surface area contributed by atoms with E-state index >= 15 is 0 Å². The minimum atomic E-state index is -0.714. The zero-order valence-corrected chi connectivity index (χ0v) is 20.0. The van der Waals surface area contributed by atoms with Gasteiger partial charge in [0.25, 0.3) is 5.91 Å². The Balaban J connectivity index is 1.49. The molecule has 0 radical (unpaired) electrons. The van der Waals surface area contributed by atoms with E-state index in [1.54, 1.807) is 43.4 Å². The maximum absolute atomic E-state index is 13.0. The molecule has 1 aliphatic rings. The molecule has 3 aromatic rings. The number of rotatable bonds is 7. The van der Waals surface area contributed by atoms with Gasteiger partial charge in [-0.2, -0.15) is 5.10 Å². The van der Waals surface area contributed by atoms with Gasteiger partial charge in [0.2, 0.25) is 0 Å². The van der Waals surface area contributed by atoms with Crippen molar-refractivity contribution >= 4 is 46.2 Å². The molecule has 3 aromatic heterocycles. The minimum Gasteiger partial charge on any atom is -0.462 e. The zero-order valence-electron chi connectivity index (χ0n) is 18.4. The molecule has 10 heteroatoms. The molecule has 172 valence electrons. The molecule has 0 saturated carbocycles. The van der Waals surface area contributed by atoms with E-state index in [-0.39, 0.29) is 18.3 Å². The molecule has 1 amide bonds. The second kappa shape index (κ2) is 9.72. The summed E-state index contributed by atoms with van der Waals surface area (Å²) in [5.74, 6) is -1.64. The second-order valence-corrected chi connectivity index (χ2v) is 9.35. The van der Waals surface area contributed by atoms with Crippen LogP contribution in [0.5, 0.6) is 0 Å². The third-order valence-electron chi connectivity index (χ3n) is 5.29. The van der Waals surface area contributed by atoms with Gasteiger partial charge in [-0.1, -0.05) is 12.1 Å². The molecule has 4 rings (SSSR count). The molecule has 1 unspecified atom stereocenters. The number of aromatic amines is 1. The van der Waals surface area contributed by atoms with Gasteiger partial charge in [0.05, 0.1) is 28.8 Å². The van der Waals surface area contributed by atoms with Crippen LogP contribution in [0.2, 0.25) is 0 Å². The predicted octanol–water partition coefficient (Wildman–Crippen LogP) is 4.47. The fourth-order valence-electron chi connectivity index (χ4n) is 3.76. The molecule has 0 saturated heterocycles. The van der Waals surface area contributed by atoms with Crippen molar-refractivity contribution in [3.8, 4) is 0 Å². The normalized spacial score (nSPS) is 15.4.